The molecule has 1 N–H and O–H groups in total. The van der Waals surface area contributed by atoms with E-state index in [2.05, 4.69) is 58.0 Å². The average Bonchev–Trinajstić information content (AvgIpc) is 3.42. The van der Waals surface area contributed by atoms with E-state index in [1.807, 2.05) is 18.6 Å². The molecule has 2 aliphatic rings. The number of nitrogens with one attached hydrogen (secondary N) is 1. The van der Waals surface area contributed by atoms with E-state index in [4.69, 9.17) is 9.73 Å². The van der Waals surface area contributed by atoms with E-state index in [0.717, 1.165) is 55.9 Å². The molecule has 4 rings (SSSR count). The number of aliphatic imine (C=N–C) groups is 1. The zero-order valence-corrected chi connectivity index (χ0v) is 20.4. The second kappa shape index (κ2) is 11.0. The lowest BCUT2D eigenvalue weighted by Crippen LogP contribution is -2.49. The first-order valence-corrected chi connectivity index (χ1v) is 11.0. The van der Waals surface area contributed by atoms with Crippen molar-refractivity contribution in [1.29, 1.82) is 0 Å². The number of ether oxygens (including phenoxy) is 1. The van der Waals surface area contributed by atoms with Gasteiger partial charge in [-0.25, -0.2) is 9.98 Å². The monoisotopic (exact) mass is 523 g/mol. The highest BCUT2D eigenvalue weighted by Crippen LogP contribution is 2.31. The van der Waals surface area contributed by atoms with Crippen molar-refractivity contribution in [2.45, 2.75) is 45.7 Å². The summed E-state index contributed by atoms with van der Waals surface area (Å²) in [5, 5.41) is 3.49. The molecule has 7 heteroatoms. The van der Waals surface area contributed by atoms with Crippen LogP contribution in [0.1, 0.15) is 44.7 Å². The number of hydrogen-bond donors (Lipinski definition) is 1. The van der Waals surface area contributed by atoms with Crippen molar-refractivity contribution in [2.24, 2.45) is 16.8 Å². The molecule has 0 bridgehead atoms. The molecule has 0 amide bonds. The van der Waals surface area contributed by atoms with Crippen LogP contribution in [-0.2, 0) is 6.54 Å². The van der Waals surface area contributed by atoms with Gasteiger partial charge in [0.15, 0.2) is 5.96 Å². The number of aromatic nitrogens is 2. The molecular weight excluding hydrogens is 489 g/mol. The van der Waals surface area contributed by atoms with Gasteiger partial charge in [-0.2, -0.15) is 0 Å². The number of para-hydroxylation sites is 1. The molecule has 1 aliphatic heterocycles. The summed E-state index contributed by atoms with van der Waals surface area (Å²) in [5.41, 5.74) is 1.15. The van der Waals surface area contributed by atoms with Crippen LogP contribution in [0.25, 0.3) is 0 Å². The minimum absolute atomic E-state index is 0. The maximum absolute atomic E-state index is 6.07. The van der Waals surface area contributed by atoms with Crippen LogP contribution in [-0.4, -0.2) is 46.7 Å². The fraction of sp³-hybridized carbons (Fsp3) is 0.565. The molecule has 2 aromatic rings. The summed E-state index contributed by atoms with van der Waals surface area (Å²) in [5.74, 6) is 3.34. The SMILES string of the molecule is CCNC(=NCc1ccccc1OCC1CC1)N1CCC(C)C(n2ccnc2)C1.I. The molecule has 1 saturated heterocycles. The molecule has 2 heterocycles. The van der Waals surface area contributed by atoms with E-state index < -0.39 is 0 Å². The van der Waals surface area contributed by atoms with Crippen LogP contribution >= 0.6 is 24.0 Å². The van der Waals surface area contributed by atoms with Gasteiger partial charge in [0.1, 0.15) is 5.75 Å². The van der Waals surface area contributed by atoms with Gasteiger partial charge < -0.3 is 19.5 Å². The lowest BCUT2D eigenvalue weighted by atomic mass is 9.93. The summed E-state index contributed by atoms with van der Waals surface area (Å²) in [6.07, 6.45) is 9.62. The maximum atomic E-state index is 6.07. The molecule has 2 atom stereocenters. The molecule has 1 aliphatic carbocycles. The molecule has 1 aromatic heterocycles. The third kappa shape index (κ3) is 5.89. The molecule has 1 aromatic carbocycles. The summed E-state index contributed by atoms with van der Waals surface area (Å²) in [7, 11) is 0. The molecule has 0 spiro atoms. The molecule has 6 nitrogen and oxygen atoms in total. The molecule has 2 fully saturated rings. The van der Waals surface area contributed by atoms with Gasteiger partial charge in [-0.05, 0) is 44.1 Å². The molecular formula is C23H34IN5O. The quantitative estimate of drug-likeness (QED) is 0.334. The molecule has 2 unspecified atom stereocenters. The van der Waals surface area contributed by atoms with Gasteiger partial charge in [0.05, 0.1) is 25.5 Å². The summed E-state index contributed by atoms with van der Waals surface area (Å²) in [4.78, 5) is 11.6. The predicted octanol–water partition coefficient (Wildman–Crippen LogP) is 4.34. The normalized spacial score (nSPS) is 21.8. The first-order chi connectivity index (χ1) is 14.2. The first kappa shape index (κ1) is 22.9. The highest BCUT2D eigenvalue weighted by molar-refractivity contribution is 14.0. The van der Waals surface area contributed by atoms with E-state index >= 15 is 0 Å². The third-order valence-electron chi connectivity index (χ3n) is 6.00. The number of piperidine rings is 1. The van der Waals surface area contributed by atoms with Crippen LogP contribution in [0.5, 0.6) is 5.75 Å². The third-order valence-corrected chi connectivity index (χ3v) is 6.00. The summed E-state index contributed by atoms with van der Waals surface area (Å²) < 4.78 is 8.30. The summed E-state index contributed by atoms with van der Waals surface area (Å²) >= 11 is 0. The Morgan fingerprint density at radius 1 is 1.27 bits per heavy atom. The Kier molecular flexibility index (Phi) is 8.41. The van der Waals surface area contributed by atoms with Gasteiger partial charge in [-0.15, -0.1) is 24.0 Å². The van der Waals surface area contributed by atoms with Gasteiger partial charge in [-0.1, -0.05) is 25.1 Å². The largest absolute Gasteiger partial charge is 0.493 e. The van der Waals surface area contributed by atoms with Crippen LogP contribution < -0.4 is 10.1 Å². The van der Waals surface area contributed by atoms with E-state index in [9.17, 15) is 0 Å². The van der Waals surface area contributed by atoms with E-state index in [1.165, 1.54) is 12.8 Å². The highest BCUT2D eigenvalue weighted by atomic mass is 127. The van der Waals surface area contributed by atoms with Gasteiger partial charge in [0, 0.05) is 37.6 Å². The second-order valence-corrected chi connectivity index (χ2v) is 8.32. The van der Waals surface area contributed by atoms with Crippen LogP contribution in [0.2, 0.25) is 0 Å². The predicted molar refractivity (Wildman–Crippen MR) is 132 cm³/mol. The van der Waals surface area contributed by atoms with Gasteiger partial charge in [-0.3, -0.25) is 0 Å². The van der Waals surface area contributed by atoms with Crippen molar-refractivity contribution in [3.8, 4) is 5.75 Å². The molecule has 164 valence electrons. The van der Waals surface area contributed by atoms with Crippen LogP contribution in [0.15, 0.2) is 48.0 Å². The Morgan fingerprint density at radius 3 is 2.83 bits per heavy atom. The zero-order chi connectivity index (χ0) is 20.1. The van der Waals surface area contributed by atoms with Crippen LogP contribution in [0.3, 0.4) is 0 Å². The van der Waals surface area contributed by atoms with Crippen LogP contribution in [0.4, 0.5) is 0 Å². The number of hydrogen-bond acceptors (Lipinski definition) is 3. The van der Waals surface area contributed by atoms with Crippen LogP contribution in [0, 0.1) is 11.8 Å². The van der Waals surface area contributed by atoms with Gasteiger partial charge in [0.25, 0.3) is 0 Å². The number of imidazole rings is 1. The molecule has 0 radical (unpaired) electrons. The Morgan fingerprint density at radius 2 is 2.10 bits per heavy atom. The Bertz CT molecular complexity index is 806. The number of rotatable bonds is 7. The van der Waals surface area contributed by atoms with E-state index in [1.54, 1.807) is 0 Å². The number of likely N-dealkylation sites (tertiary alicyclic amines) is 1. The average molecular weight is 523 g/mol. The Labute approximate surface area is 197 Å². The molecule has 30 heavy (non-hydrogen) atoms. The van der Waals surface area contributed by atoms with Crippen molar-refractivity contribution in [3.05, 3.63) is 48.5 Å². The maximum Gasteiger partial charge on any atom is 0.194 e. The minimum Gasteiger partial charge on any atom is -0.493 e. The van der Waals surface area contributed by atoms with Crippen molar-refractivity contribution >= 4 is 29.9 Å². The van der Waals surface area contributed by atoms with Crippen molar-refractivity contribution in [3.63, 3.8) is 0 Å². The fourth-order valence-electron chi connectivity index (χ4n) is 3.95. The van der Waals surface area contributed by atoms with E-state index in [0.29, 0.717) is 18.5 Å². The van der Waals surface area contributed by atoms with Crippen molar-refractivity contribution in [1.82, 2.24) is 19.8 Å². The lowest BCUT2D eigenvalue weighted by Gasteiger charge is -2.39. The summed E-state index contributed by atoms with van der Waals surface area (Å²) in [6.45, 7) is 8.76. The molecule has 1 saturated carbocycles. The minimum atomic E-state index is 0. The number of benzene rings is 1. The second-order valence-electron chi connectivity index (χ2n) is 8.32. The summed E-state index contributed by atoms with van der Waals surface area (Å²) in [6, 6.07) is 8.73. The number of halogens is 1. The number of guanidine groups is 1. The first-order valence-electron chi connectivity index (χ1n) is 11.0. The number of nitrogens with zero attached hydrogens (tertiary/aromatic N) is 4. The van der Waals surface area contributed by atoms with E-state index in [-0.39, 0.29) is 24.0 Å². The fourth-order valence-corrected chi connectivity index (χ4v) is 3.95. The Balaban J connectivity index is 0.00000256. The topological polar surface area (TPSA) is 54.7 Å². The standard InChI is InChI=1S/C23H33N5O.HI/c1-3-25-23(27-12-10-18(2)21(15-27)28-13-11-24-17-28)26-14-20-6-4-5-7-22(20)29-16-19-8-9-19;/h4-7,11,13,17-19,21H,3,8-10,12,14-16H2,1-2H3,(H,25,26);1H. The van der Waals surface area contributed by atoms with Gasteiger partial charge >= 0.3 is 0 Å². The smallest absolute Gasteiger partial charge is 0.194 e. The van der Waals surface area contributed by atoms with Gasteiger partial charge in [0.2, 0.25) is 0 Å². The Hall–Kier alpha value is -1.77. The van der Waals surface area contributed by atoms with Crippen molar-refractivity contribution in [2.75, 3.05) is 26.2 Å². The zero-order valence-electron chi connectivity index (χ0n) is 18.0. The van der Waals surface area contributed by atoms with Crippen molar-refractivity contribution < 1.29 is 4.74 Å². The highest BCUT2D eigenvalue weighted by Gasteiger charge is 2.29. The lowest BCUT2D eigenvalue weighted by molar-refractivity contribution is 0.189.